The number of anilines is 1. The van der Waals surface area contributed by atoms with Gasteiger partial charge in [0.15, 0.2) is 0 Å². The maximum absolute atomic E-state index is 12.3. The molecule has 114 valence electrons. The number of nitrogen functional groups attached to an aromatic ring is 1. The van der Waals surface area contributed by atoms with Gasteiger partial charge in [0.25, 0.3) is 0 Å². The molecule has 0 aliphatic heterocycles. The van der Waals surface area contributed by atoms with Crippen LogP contribution in [-0.2, 0) is 16.6 Å². The van der Waals surface area contributed by atoms with Gasteiger partial charge in [-0.15, -0.1) is 11.3 Å². The molecule has 0 amide bonds. The number of hydrogen-bond donors (Lipinski definition) is 2. The van der Waals surface area contributed by atoms with Crippen molar-refractivity contribution in [1.29, 1.82) is 0 Å². The molecule has 0 saturated heterocycles. The number of aryl methyl sites for hydroxylation is 2. The van der Waals surface area contributed by atoms with Gasteiger partial charge in [-0.25, -0.2) is 13.1 Å². The van der Waals surface area contributed by atoms with Crippen molar-refractivity contribution in [1.82, 2.24) is 4.72 Å². The molecule has 7 heteroatoms. The summed E-state index contributed by atoms with van der Waals surface area (Å²) >= 11 is 1.59. The van der Waals surface area contributed by atoms with Crippen molar-refractivity contribution in [3.8, 4) is 5.75 Å². The van der Waals surface area contributed by atoms with Crippen LogP contribution in [0.4, 0.5) is 5.69 Å². The first kappa shape index (κ1) is 15.8. The Bertz CT molecular complexity index is 732. The summed E-state index contributed by atoms with van der Waals surface area (Å²) in [6, 6.07) is 6.40. The van der Waals surface area contributed by atoms with Gasteiger partial charge >= 0.3 is 0 Å². The topological polar surface area (TPSA) is 81.4 Å². The molecular formula is C14H18N2O3S2. The van der Waals surface area contributed by atoms with Crippen LogP contribution in [-0.4, -0.2) is 15.5 Å². The summed E-state index contributed by atoms with van der Waals surface area (Å²) in [7, 11) is -2.14. The summed E-state index contributed by atoms with van der Waals surface area (Å²) in [6.07, 6.45) is 0. The summed E-state index contributed by atoms with van der Waals surface area (Å²) < 4.78 is 32.2. The van der Waals surface area contributed by atoms with E-state index < -0.39 is 10.0 Å². The van der Waals surface area contributed by atoms with Gasteiger partial charge in [0, 0.05) is 22.4 Å². The van der Waals surface area contributed by atoms with Crippen LogP contribution in [0.5, 0.6) is 5.75 Å². The van der Waals surface area contributed by atoms with Gasteiger partial charge in [-0.3, -0.25) is 0 Å². The lowest BCUT2D eigenvalue weighted by molar-refractivity contribution is 0.415. The van der Waals surface area contributed by atoms with Crippen molar-refractivity contribution in [2.75, 3.05) is 12.8 Å². The largest absolute Gasteiger partial charge is 0.495 e. The van der Waals surface area contributed by atoms with Crippen LogP contribution in [0.3, 0.4) is 0 Å². The monoisotopic (exact) mass is 326 g/mol. The lowest BCUT2D eigenvalue weighted by atomic mass is 10.3. The molecule has 0 spiro atoms. The minimum absolute atomic E-state index is 0.138. The molecule has 0 atom stereocenters. The van der Waals surface area contributed by atoms with Crippen LogP contribution >= 0.6 is 11.3 Å². The SMILES string of the molecule is COc1cc(S(=O)(=O)NCc2cc(C)c(C)s2)ccc1N. The average Bonchev–Trinajstić information content (AvgIpc) is 2.76. The van der Waals surface area contributed by atoms with Crippen LogP contribution in [0, 0.1) is 13.8 Å². The highest BCUT2D eigenvalue weighted by molar-refractivity contribution is 7.89. The van der Waals surface area contributed by atoms with Gasteiger partial charge in [-0.1, -0.05) is 0 Å². The number of sulfonamides is 1. The summed E-state index contributed by atoms with van der Waals surface area (Å²) in [5.74, 6) is 0.348. The molecule has 5 nitrogen and oxygen atoms in total. The van der Waals surface area contributed by atoms with Crippen molar-refractivity contribution in [3.05, 3.63) is 39.6 Å². The van der Waals surface area contributed by atoms with Crippen molar-refractivity contribution in [3.63, 3.8) is 0 Å². The molecule has 0 radical (unpaired) electrons. The second-order valence-electron chi connectivity index (χ2n) is 4.68. The number of benzene rings is 1. The van der Waals surface area contributed by atoms with Crippen molar-refractivity contribution in [2.24, 2.45) is 0 Å². The first-order chi connectivity index (χ1) is 9.83. The van der Waals surface area contributed by atoms with Gasteiger partial charge < -0.3 is 10.5 Å². The molecule has 0 aliphatic rings. The fourth-order valence-corrected chi connectivity index (χ4v) is 3.95. The van der Waals surface area contributed by atoms with Crippen molar-refractivity contribution in [2.45, 2.75) is 25.3 Å². The predicted octanol–water partition coefficient (Wildman–Crippen LogP) is 2.43. The normalized spacial score (nSPS) is 11.6. The lowest BCUT2D eigenvalue weighted by Crippen LogP contribution is -2.22. The molecule has 0 bridgehead atoms. The molecule has 1 aromatic heterocycles. The molecule has 0 fully saturated rings. The summed E-state index contributed by atoms with van der Waals surface area (Å²) in [6.45, 7) is 4.30. The summed E-state index contributed by atoms with van der Waals surface area (Å²) in [5.41, 5.74) is 7.26. The lowest BCUT2D eigenvalue weighted by Gasteiger charge is -2.09. The first-order valence-electron chi connectivity index (χ1n) is 6.32. The number of methoxy groups -OCH3 is 1. The van der Waals surface area contributed by atoms with E-state index in [2.05, 4.69) is 4.72 Å². The van der Waals surface area contributed by atoms with Gasteiger partial charge in [0.2, 0.25) is 10.0 Å². The molecule has 1 aromatic carbocycles. The van der Waals surface area contributed by atoms with Crippen LogP contribution < -0.4 is 15.2 Å². The third-order valence-electron chi connectivity index (χ3n) is 3.17. The molecule has 3 N–H and O–H groups in total. The minimum Gasteiger partial charge on any atom is -0.495 e. The van der Waals surface area contributed by atoms with E-state index in [0.717, 1.165) is 4.88 Å². The maximum atomic E-state index is 12.3. The van der Waals surface area contributed by atoms with Gasteiger partial charge in [0.05, 0.1) is 17.7 Å². The number of nitrogens with two attached hydrogens (primary N) is 1. The molecule has 0 unspecified atom stereocenters. The van der Waals surface area contributed by atoms with Gasteiger partial charge in [-0.05, 0) is 37.6 Å². The highest BCUT2D eigenvalue weighted by atomic mass is 32.2. The molecule has 0 saturated carbocycles. The Kier molecular flexibility index (Phi) is 4.55. The second-order valence-corrected chi connectivity index (χ2v) is 7.79. The Morgan fingerprint density at radius 1 is 1.29 bits per heavy atom. The molecule has 2 aromatic rings. The molecule has 21 heavy (non-hydrogen) atoms. The zero-order chi connectivity index (χ0) is 15.6. The van der Waals surface area contributed by atoms with Crippen LogP contribution in [0.25, 0.3) is 0 Å². The van der Waals surface area contributed by atoms with E-state index >= 15 is 0 Å². The predicted molar refractivity (Wildman–Crippen MR) is 85.2 cm³/mol. The van der Waals surface area contributed by atoms with Gasteiger partial charge in [-0.2, -0.15) is 0 Å². The number of ether oxygens (including phenoxy) is 1. The van der Waals surface area contributed by atoms with Crippen molar-refractivity contribution < 1.29 is 13.2 Å². The number of rotatable bonds is 5. The fraction of sp³-hybridized carbons (Fsp3) is 0.286. The Balaban J connectivity index is 2.18. The van der Waals surface area contributed by atoms with E-state index in [0.29, 0.717) is 11.4 Å². The van der Waals surface area contributed by atoms with Gasteiger partial charge in [0.1, 0.15) is 5.75 Å². The Morgan fingerprint density at radius 3 is 2.57 bits per heavy atom. The number of nitrogens with one attached hydrogen (secondary N) is 1. The highest BCUT2D eigenvalue weighted by Gasteiger charge is 2.16. The smallest absolute Gasteiger partial charge is 0.241 e. The zero-order valence-electron chi connectivity index (χ0n) is 12.1. The highest BCUT2D eigenvalue weighted by Crippen LogP contribution is 2.25. The third kappa shape index (κ3) is 3.55. The van der Waals surface area contributed by atoms with E-state index in [1.165, 1.54) is 35.7 Å². The average molecular weight is 326 g/mol. The van der Waals surface area contributed by atoms with E-state index in [-0.39, 0.29) is 11.4 Å². The first-order valence-corrected chi connectivity index (χ1v) is 8.62. The Morgan fingerprint density at radius 2 is 2.00 bits per heavy atom. The molecule has 1 heterocycles. The zero-order valence-corrected chi connectivity index (χ0v) is 13.8. The van der Waals surface area contributed by atoms with E-state index in [4.69, 9.17) is 10.5 Å². The Hall–Kier alpha value is -1.57. The molecule has 2 rings (SSSR count). The van der Waals surface area contributed by atoms with Crippen LogP contribution in [0.2, 0.25) is 0 Å². The van der Waals surface area contributed by atoms with E-state index in [1.54, 1.807) is 11.3 Å². The maximum Gasteiger partial charge on any atom is 0.241 e. The van der Waals surface area contributed by atoms with E-state index in [1.807, 2.05) is 19.9 Å². The summed E-state index contributed by atoms with van der Waals surface area (Å²) in [5, 5.41) is 0. The van der Waals surface area contributed by atoms with Crippen LogP contribution in [0.15, 0.2) is 29.2 Å². The minimum atomic E-state index is -3.59. The second kappa shape index (κ2) is 6.05. The van der Waals surface area contributed by atoms with E-state index in [9.17, 15) is 8.42 Å². The number of hydrogen-bond acceptors (Lipinski definition) is 5. The number of thiophene rings is 1. The third-order valence-corrected chi connectivity index (χ3v) is 5.72. The summed E-state index contributed by atoms with van der Waals surface area (Å²) in [4.78, 5) is 2.31. The quantitative estimate of drug-likeness (QED) is 0.827. The Labute approximate surface area is 128 Å². The van der Waals surface area contributed by atoms with Crippen LogP contribution in [0.1, 0.15) is 15.3 Å². The molecular weight excluding hydrogens is 308 g/mol. The molecule has 0 aliphatic carbocycles. The van der Waals surface area contributed by atoms with Crippen molar-refractivity contribution >= 4 is 27.0 Å². The standard InChI is InChI=1S/C14H18N2O3S2/c1-9-6-11(20-10(9)2)8-16-21(17,18)12-4-5-13(15)14(7-12)19-3/h4-7,16H,8,15H2,1-3H3. The fourth-order valence-electron chi connectivity index (χ4n) is 1.84.